The van der Waals surface area contributed by atoms with Gasteiger partial charge in [-0.05, 0) is 37.0 Å². The Labute approximate surface area is 150 Å². The van der Waals surface area contributed by atoms with Crippen molar-refractivity contribution in [3.63, 3.8) is 0 Å². The van der Waals surface area contributed by atoms with Crippen molar-refractivity contribution in [2.45, 2.75) is 97.3 Å². The van der Waals surface area contributed by atoms with E-state index in [0.717, 1.165) is 37.3 Å². The number of unbranched alkanes of at least 4 members (excludes halogenated alkanes) is 10. The van der Waals surface area contributed by atoms with E-state index in [4.69, 9.17) is 10.5 Å². The van der Waals surface area contributed by atoms with Crippen LogP contribution in [0.1, 0.15) is 96.5 Å². The minimum Gasteiger partial charge on any atom is -0.491 e. The molecule has 0 aromatic heterocycles. The van der Waals surface area contributed by atoms with Crippen molar-refractivity contribution in [3.05, 3.63) is 23.8 Å². The molecule has 0 aliphatic rings. The Hall–Kier alpha value is -1.18. The molecule has 0 aliphatic carbocycles. The Bertz CT molecular complexity index is 416. The number of anilines is 1. The molecular weight excluding hydrogens is 294 g/mol. The molecule has 24 heavy (non-hydrogen) atoms. The molecule has 1 aromatic rings. The van der Waals surface area contributed by atoms with Crippen molar-refractivity contribution < 1.29 is 4.74 Å². The molecule has 1 aromatic carbocycles. The molecule has 2 nitrogen and oxygen atoms in total. The lowest BCUT2D eigenvalue weighted by molar-refractivity contribution is 0.310. The Morgan fingerprint density at radius 1 is 0.750 bits per heavy atom. The van der Waals surface area contributed by atoms with Gasteiger partial charge in [-0.3, -0.25) is 0 Å². The van der Waals surface area contributed by atoms with Crippen molar-refractivity contribution in [3.8, 4) is 5.75 Å². The molecule has 2 heteroatoms. The molecule has 1 rings (SSSR count). The maximum atomic E-state index is 6.00. The summed E-state index contributed by atoms with van der Waals surface area (Å²) in [7, 11) is 0. The lowest BCUT2D eigenvalue weighted by Gasteiger charge is -2.10. The Kier molecular flexibility index (Phi) is 12.3. The summed E-state index contributed by atoms with van der Waals surface area (Å²) in [6.45, 7) is 5.22. The van der Waals surface area contributed by atoms with E-state index in [1.165, 1.54) is 69.8 Å². The Morgan fingerprint density at radius 2 is 1.33 bits per heavy atom. The molecule has 2 N–H and O–H groups in total. The van der Waals surface area contributed by atoms with Crippen LogP contribution in [0.15, 0.2) is 18.2 Å². The minimum absolute atomic E-state index is 0.762. The van der Waals surface area contributed by atoms with Crippen LogP contribution in [0.3, 0.4) is 0 Å². The van der Waals surface area contributed by atoms with Gasteiger partial charge in [-0.15, -0.1) is 0 Å². The van der Waals surface area contributed by atoms with Crippen LogP contribution >= 0.6 is 0 Å². The number of nitrogen functional groups attached to an aromatic ring is 1. The first kappa shape index (κ1) is 20.9. The van der Waals surface area contributed by atoms with Crippen LogP contribution in [-0.2, 0) is 6.42 Å². The molecule has 0 fully saturated rings. The number of hydrogen-bond acceptors (Lipinski definition) is 2. The fourth-order valence-corrected chi connectivity index (χ4v) is 3.00. The van der Waals surface area contributed by atoms with Crippen molar-refractivity contribution in [1.29, 1.82) is 0 Å². The summed E-state index contributed by atoms with van der Waals surface area (Å²) in [5.41, 5.74) is 8.12. The highest BCUT2D eigenvalue weighted by Crippen LogP contribution is 2.24. The van der Waals surface area contributed by atoms with Crippen LogP contribution in [0.25, 0.3) is 0 Å². The molecule has 0 saturated heterocycles. The first-order chi connectivity index (χ1) is 11.8. The summed E-state index contributed by atoms with van der Waals surface area (Å²) in [4.78, 5) is 0. The molecular formula is C22H39NO. The van der Waals surface area contributed by atoms with Crippen LogP contribution in [0.4, 0.5) is 5.69 Å². The normalized spacial score (nSPS) is 10.9. The van der Waals surface area contributed by atoms with Gasteiger partial charge >= 0.3 is 0 Å². The van der Waals surface area contributed by atoms with Gasteiger partial charge in [-0.1, -0.05) is 84.1 Å². The highest BCUT2D eigenvalue weighted by atomic mass is 16.5. The zero-order valence-corrected chi connectivity index (χ0v) is 16.1. The first-order valence-corrected chi connectivity index (χ1v) is 10.3. The van der Waals surface area contributed by atoms with E-state index in [2.05, 4.69) is 26.0 Å². The number of nitrogens with two attached hydrogens (primary N) is 1. The third-order valence-corrected chi connectivity index (χ3v) is 4.65. The van der Waals surface area contributed by atoms with Crippen molar-refractivity contribution in [2.75, 3.05) is 12.3 Å². The third kappa shape index (κ3) is 9.85. The van der Waals surface area contributed by atoms with Gasteiger partial charge in [0.25, 0.3) is 0 Å². The fraction of sp³-hybridized carbons (Fsp3) is 0.727. The zero-order valence-electron chi connectivity index (χ0n) is 16.1. The second-order valence-electron chi connectivity index (χ2n) is 7.01. The Balaban J connectivity index is 2.11. The van der Waals surface area contributed by atoms with Crippen LogP contribution in [0.2, 0.25) is 0 Å². The van der Waals surface area contributed by atoms with Crippen molar-refractivity contribution >= 4 is 5.69 Å². The smallest absolute Gasteiger partial charge is 0.142 e. The van der Waals surface area contributed by atoms with Crippen LogP contribution in [0.5, 0.6) is 5.75 Å². The van der Waals surface area contributed by atoms with Crippen molar-refractivity contribution in [1.82, 2.24) is 0 Å². The standard InChI is InChI=1S/C22H39NO/c1-3-5-7-8-9-10-11-12-13-14-15-20-16-17-21(23)22(19-20)24-18-6-4-2/h16-17,19H,3-15,18,23H2,1-2H3. The number of benzene rings is 1. The van der Waals surface area contributed by atoms with Crippen LogP contribution in [-0.4, -0.2) is 6.61 Å². The fourth-order valence-electron chi connectivity index (χ4n) is 3.00. The summed E-state index contributed by atoms with van der Waals surface area (Å²) >= 11 is 0. The number of hydrogen-bond donors (Lipinski definition) is 1. The van der Waals surface area contributed by atoms with Gasteiger partial charge in [0.05, 0.1) is 12.3 Å². The predicted octanol–water partition coefficient (Wildman–Crippen LogP) is 6.91. The topological polar surface area (TPSA) is 35.2 Å². The van der Waals surface area contributed by atoms with Gasteiger partial charge in [0.1, 0.15) is 5.75 Å². The second-order valence-corrected chi connectivity index (χ2v) is 7.01. The van der Waals surface area contributed by atoms with Gasteiger partial charge in [-0.25, -0.2) is 0 Å². The molecule has 0 bridgehead atoms. The lowest BCUT2D eigenvalue weighted by atomic mass is 10.0. The minimum atomic E-state index is 0.762. The third-order valence-electron chi connectivity index (χ3n) is 4.65. The second kappa shape index (κ2) is 14.2. The molecule has 0 spiro atoms. The average Bonchev–Trinajstić information content (AvgIpc) is 2.59. The predicted molar refractivity (Wildman–Crippen MR) is 107 cm³/mol. The average molecular weight is 334 g/mol. The van der Waals surface area contributed by atoms with E-state index < -0.39 is 0 Å². The Morgan fingerprint density at radius 3 is 1.96 bits per heavy atom. The zero-order chi connectivity index (χ0) is 17.5. The summed E-state index contributed by atoms with van der Waals surface area (Å²) in [5, 5.41) is 0. The summed E-state index contributed by atoms with van der Waals surface area (Å²) in [6, 6.07) is 6.28. The quantitative estimate of drug-likeness (QED) is 0.279. The van der Waals surface area contributed by atoms with Crippen LogP contribution < -0.4 is 10.5 Å². The van der Waals surface area contributed by atoms with E-state index in [1.807, 2.05) is 6.07 Å². The molecule has 0 heterocycles. The van der Waals surface area contributed by atoms with Gasteiger partial charge in [-0.2, -0.15) is 0 Å². The largest absolute Gasteiger partial charge is 0.491 e. The number of aryl methyl sites for hydroxylation is 1. The van der Waals surface area contributed by atoms with E-state index in [-0.39, 0.29) is 0 Å². The van der Waals surface area contributed by atoms with E-state index in [9.17, 15) is 0 Å². The lowest BCUT2D eigenvalue weighted by Crippen LogP contribution is -2.01. The first-order valence-electron chi connectivity index (χ1n) is 10.3. The van der Waals surface area contributed by atoms with Crippen molar-refractivity contribution in [2.24, 2.45) is 0 Å². The monoisotopic (exact) mass is 333 g/mol. The molecule has 0 saturated carbocycles. The molecule has 138 valence electrons. The molecule has 0 aliphatic heterocycles. The SMILES string of the molecule is CCCCCCCCCCCCc1ccc(N)c(OCCCC)c1. The van der Waals surface area contributed by atoms with Crippen LogP contribution in [0, 0.1) is 0 Å². The maximum absolute atomic E-state index is 6.00. The summed E-state index contributed by atoms with van der Waals surface area (Å²) < 4.78 is 5.79. The number of rotatable bonds is 15. The van der Waals surface area contributed by atoms with E-state index in [1.54, 1.807) is 0 Å². The highest BCUT2D eigenvalue weighted by molar-refractivity contribution is 5.53. The van der Waals surface area contributed by atoms with Gasteiger partial charge in [0, 0.05) is 0 Å². The van der Waals surface area contributed by atoms with Gasteiger partial charge in [0.15, 0.2) is 0 Å². The molecule has 0 amide bonds. The maximum Gasteiger partial charge on any atom is 0.142 e. The molecule has 0 atom stereocenters. The molecule has 0 unspecified atom stereocenters. The van der Waals surface area contributed by atoms with Gasteiger partial charge < -0.3 is 10.5 Å². The number of ether oxygens (including phenoxy) is 1. The van der Waals surface area contributed by atoms with E-state index >= 15 is 0 Å². The summed E-state index contributed by atoms with van der Waals surface area (Å²) in [6.07, 6.45) is 17.2. The molecule has 0 radical (unpaired) electrons. The van der Waals surface area contributed by atoms with E-state index in [0.29, 0.717) is 0 Å². The summed E-state index contributed by atoms with van der Waals surface area (Å²) in [5.74, 6) is 0.869. The highest BCUT2D eigenvalue weighted by Gasteiger charge is 2.03. The van der Waals surface area contributed by atoms with Gasteiger partial charge in [0.2, 0.25) is 0 Å².